The van der Waals surface area contributed by atoms with Crippen LogP contribution in [0.5, 0.6) is 0 Å². The SMILES string of the molecule is C1CCC2(OCC3(COC45CCCCC4O5)CCC4OC4C3)OC2C1. The van der Waals surface area contributed by atoms with Crippen LogP contribution < -0.4 is 0 Å². The minimum atomic E-state index is -0.256. The molecule has 0 aromatic rings. The average Bonchev–Trinajstić information content (AvgIpc) is 3.52. The second kappa shape index (κ2) is 5.41. The van der Waals surface area contributed by atoms with E-state index in [1.165, 1.54) is 25.7 Å². The van der Waals surface area contributed by atoms with Gasteiger partial charge in [-0.2, -0.15) is 0 Å². The molecule has 140 valence electrons. The largest absolute Gasteiger partial charge is 0.370 e. The lowest BCUT2D eigenvalue weighted by Gasteiger charge is -2.37. The van der Waals surface area contributed by atoms with Gasteiger partial charge in [0, 0.05) is 18.3 Å². The molecule has 6 rings (SSSR count). The Morgan fingerprint density at radius 2 is 1.36 bits per heavy atom. The van der Waals surface area contributed by atoms with Crippen molar-refractivity contribution in [2.24, 2.45) is 5.41 Å². The normalized spacial score (nSPS) is 55.7. The Hall–Kier alpha value is -0.200. The summed E-state index contributed by atoms with van der Waals surface area (Å²) in [4.78, 5) is 0. The third-order valence-electron chi connectivity index (χ3n) is 7.56. The molecule has 3 aliphatic heterocycles. The van der Waals surface area contributed by atoms with E-state index in [4.69, 9.17) is 23.7 Å². The molecule has 3 aliphatic carbocycles. The fraction of sp³-hybridized carbons (Fsp3) is 1.00. The summed E-state index contributed by atoms with van der Waals surface area (Å²) in [5.41, 5.74) is 0.0725. The summed E-state index contributed by atoms with van der Waals surface area (Å²) in [6, 6.07) is 0. The second-order valence-corrected chi connectivity index (χ2v) is 9.36. The molecule has 6 aliphatic rings. The van der Waals surface area contributed by atoms with Crippen LogP contribution in [-0.2, 0) is 23.7 Å². The van der Waals surface area contributed by atoms with E-state index in [1.807, 2.05) is 0 Å². The zero-order valence-corrected chi connectivity index (χ0v) is 15.0. The summed E-state index contributed by atoms with van der Waals surface area (Å²) in [6.07, 6.45) is 14.4. The first kappa shape index (κ1) is 15.8. The van der Waals surface area contributed by atoms with Crippen molar-refractivity contribution < 1.29 is 23.7 Å². The summed E-state index contributed by atoms with van der Waals surface area (Å²) < 4.78 is 30.6. The Balaban J connectivity index is 1.12. The van der Waals surface area contributed by atoms with Crippen LogP contribution in [0.3, 0.4) is 0 Å². The molecule has 0 aromatic heterocycles. The third kappa shape index (κ3) is 2.69. The van der Waals surface area contributed by atoms with Crippen molar-refractivity contribution in [1.29, 1.82) is 0 Å². The van der Waals surface area contributed by atoms with E-state index >= 15 is 0 Å². The van der Waals surface area contributed by atoms with Crippen LogP contribution in [0.15, 0.2) is 0 Å². The lowest BCUT2D eigenvalue weighted by atomic mass is 9.75. The summed E-state index contributed by atoms with van der Waals surface area (Å²) >= 11 is 0. The van der Waals surface area contributed by atoms with Crippen molar-refractivity contribution in [2.45, 2.75) is 107 Å². The number of epoxide rings is 3. The van der Waals surface area contributed by atoms with Gasteiger partial charge < -0.3 is 23.7 Å². The van der Waals surface area contributed by atoms with Crippen molar-refractivity contribution in [3.8, 4) is 0 Å². The Kier molecular flexibility index (Phi) is 3.43. The fourth-order valence-corrected chi connectivity index (χ4v) is 5.66. The Labute approximate surface area is 149 Å². The van der Waals surface area contributed by atoms with Crippen LogP contribution in [0.4, 0.5) is 0 Å². The Morgan fingerprint density at radius 3 is 1.92 bits per heavy atom. The summed E-state index contributed by atoms with van der Waals surface area (Å²) in [6.45, 7) is 1.49. The van der Waals surface area contributed by atoms with Crippen molar-refractivity contribution in [2.75, 3.05) is 13.2 Å². The van der Waals surface area contributed by atoms with Gasteiger partial charge >= 0.3 is 0 Å². The van der Waals surface area contributed by atoms with Crippen molar-refractivity contribution >= 4 is 0 Å². The van der Waals surface area contributed by atoms with Crippen LogP contribution in [0.25, 0.3) is 0 Å². The van der Waals surface area contributed by atoms with Gasteiger partial charge in [0.15, 0.2) is 11.6 Å². The first-order valence-corrected chi connectivity index (χ1v) is 10.5. The number of hydrogen-bond donors (Lipinski definition) is 0. The molecule has 3 saturated carbocycles. The zero-order valence-electron chi connectivity index (χ0n) is 15.0. The molecule has 0 radical (unpaired) electrons. The molecule has 6 atom stereocenters. The molecule has 3 saturated heterocycles. The van der Waals surface area contributed by atoms with Crippen LogP contribution in [0, 0.1) is 5.41 Å². The molecule has 0 amide bonds. The van der Waals surface area contributed by atoms with Gasteiger partial charge in [-0.15, -0.1) is 0 Å². The predicted molar refractivity (Wildman–Crippen MR) is 89.0 cm³/mol. The fourth-order valence-electron chi connectivity index (χ4n) is 5.66. The highest BCUT2D eigenvalue weighted by Gasteiger charge is 2.62. The Bertz CT molecular complexity index is 518. The maximum Gasteiger partial charge on any atom is 0.195 e. The van der Waals surface area contributed by atoms with Crippen LogP contribution >= 0.6 is 0 Å². The lowest BCUT2D eigenvalue weighted by Crippen LogP contribution is -2.42. The molecular formula is C20H30O5. The number of hydrogen-bond acceptors (Lipinski definition) is 5. The van der Waals surface area contributed by atoms with Gasteiger partial charge in [0.1, 0.15) is 12.2 Å². The molecular weight excluding hydrogens is 320 g/mol. The molecule has 25 heavy (non-hydrogen) atoms. The van der Waals surface area contributed by atoms with Gasteiger partial charge in [0.25, 0.3) is 0 Å². The van der Waals surface area contributed by atoms with Gasteiger partial charge in [-0.3, -0.25) is 0 Å². The van der Waals surface area contributed by atoms with Gasteiger partial charge in [0.05, 0.1) is 25.4 Å². The maximum atomic E-state index is 6.44. The van der Waals surface area contributed by atoms with E-state index in [2.05, 4.69) is 0 Å². The van der Waals surface area contributed by atoms with Gasteiger partial charge in [0.2, 0.25) is 0 Å². The summed E-state index contributed by atoms with van der Waals surface area (Å²) in [5, 5.41) is 0. The van der Waals surface area contributed by atoms with Crippen LogP contribution in [0.1, 0.15) is 70.6 Å². The topological polar surface area (TPSA) is 56.1 Å². The van der Waals surface area contributed by atoms with Gasteiger partial charge in [-0.1, -0.05) is 12.8 Å². The highest BCUT2D eigenvalue weighted by molar-refractivity contribution is 5.03. The van der Waals surface area contributed by atoms with E-state index in [0.29, 0.717) is 24.4 Å². The maximum absolute atomic E-state index is 6.44. The lowest BCUT2D eigenvalue weighted by molar-refractivity contribution is -0.143. The molecule has 6 fully saturated rings. The summed E-state index contributed by atoms with van der Waals surface area (Å²) in [5.74, 6) is -0.511. The van der Waals surface area contributed by atoms with Gasteiger partial charge in [-0.25, -0.2) is 0 Å². The van der Waals surface area contributed by atoms with Gasteiger partial charge in [-0.05, 0) is 44.9 Å². The molecule has 0 N–H and O–H groups in total. The monoisotopic (exact) mass is 350 g/mol. The number of ether oxygens (including phenoxy) is 5. The molecule has 6 unspecified atom stereocenters. The Morgan fingerprint density at radius 1 is 0.720 bits per heavy atom. The molecule has 0 spiro atoms. The van der Waals surface area contributed by atoms with E-state index in [1.54, 1.807) is 0 Å². The molecule has 3 heterocycles. The summed E-state index contributed by atoms with van der Waals surface area (Å²) in [7, 11) is 0. The van der Waals surface area contributed by atoms with Crippen molar-refractivity contribution in [3.63, 3.8) is 0 Å². The quantitative estimate of drug-likeness (QED) is 0.688. The smallest absolute Gasteiger partial charge is 0.195 e. The van der Waals surface area contributed by atoms with Crippen LogP contribution in [-0.4, -0.2) is 49.2 Å². The number of fused-ring (bicyclic) bond motifs is 3. The first-order valence-electron chi connectivity index (χ1n) is 10.5. The van der Waals surface area contributed by atoms with Crippen molar-refractivity contribution in [3.05, 3.63) is 0 Å². The zero-order chi connectivity index (χ0) is 16.5. The molecule has 0 bridgehead atoms. The predicted octanol–water partition coefficient (Wildman–Crippen LogP) is 3.30. The van der Waals surface area contributed by atoms with E-state index < -0.39 is 0 Å². The van der Waals surface area contributed by atoms with Crippen LogP contribution in [0.2, 0.25) is 0 Å². The highest BCUT2D eigenvalue weighted by atomic mass is 16.8. The van der Waals surface area contributed by atoms with E-state index in [9.17, 15) is 0 Å². The second-order valence-electron chi connectivity index (χ2n) is 9.36. The molecule has 5 nitrogen and oxygen atoms in total. The minimum Gasteiger partial charge on any atom is -0.370 e. The molecule has 5 heteroatoms. The standard InChI is InChI=1S/C20H30O5/c1-3-8-19(16(5-1)24-19)21-12-18(10-7-14-15(11-18)23-14)13-22-20-9-4-2-6-17(20)25-20/h14-17H,1-13H2. The average molecular weight is 350 g/mol. The minimum absolute atomic E-state index is 0.0725. The first-order chi connectivity index (χ1) is 12.2. The highest BCUT2D eigenvalue weighted by Crippen LogP contribution is 2.54. The molecule has 0 aromatic carbocycles. The third-order valence-corrected chi connectivity index (χ3v) is 7.56. The van der Waals surface area contributed by atoms with E-state index in [0.717, 1.165) is 58.2 Å². The number of rotatable bonds is 6. The van der Waals surface area contributed by atoms with Crippen molar-refractivity contribution in [1.82, 2.24) is 0 Å². The van der Waals surface area contributed by atoms with E-state index in [-0.39, 0.29) is 17.0 Å².